The van der Waals surface area contributed by atoms with Crippen LogP contribution < -0.4 is 4.74 Å². The van der Waals surface area contributed by atoms with E-state index in [2.05, 4.69) is 4.98 Å². The molecule has 0 spiro atoms. The number of hydrogen-bond donors (Lipinski definition) is 1. The summed E-state index contributed by atoms with van der Waals surface area (Å²) in [5, 5.41) is 9.09. The van der Waals surface area contributed by atoms with Gasteiger partial charge >= 0.3 is 5.97 Å². The van der Waals surface area contributed by atoms with Crippen molar-refractivity contribution in [3.63, 3.8) is 0 Å². The number of carbonyl (C=O) groups is 2. The smallest absolute Gasteiger partial charge is 0.354 e. The molecule has 2 aromatic rings. The third kappa shape index (κ3) is 2.18. The zero-order chi connectivity index (χ0) is 15.9. The zero-order valence-electron chi connectivity index (χ0n) is 12.2. The topological polar surface area (TPSA) is 79.7 Å². The summed E-state index contributed by atoms with van der Waals surface area (Å²) in [6, 6.07) is 8.33. The molecule has 0 saturated carbocycles. The number of hydrogen-bond acceptors (Lipinski definition) is 4. The number of carboxylic acid groups (broad SMARTS) is 1. The summed E-state index contributed by atoms with van der Waals surface area (Å²) in [4.78, 5) is 28.8. The van der Waals surface area contributed by atoms with Crippen LogP contribution in [0.4, 0.5) is 0 Å². The number of carbonyl (C=O) groups excluding carboxylic acids is 1. The van der Waals surface area contributed by atoms with E-state index in [9.17, 15) is 9.59 Å². The van der Waals surface area contributed by atoms with Crippen molar-refractivity contribution >= 4 is 11.9 Å². The average molecular weight is 298 g/mol. The molecular formula is C16H14N2O4. The number of aromatic carboxylic acids is 1. The average Bonchev–Trinajstić information content (AvgIpc) is 2.80. The van der Waals surface area contributed by atoms with E-state index in [0.29, 0.717) is 23.6 Å². The fourth-order valence-electron chi connectivity index (χ4n) is 2.55. The van der Waals surface area contributed by atoms with Crippen LogP contribution in [-0.4, -0.2) is 41.0 Å². The van der Waals surface area contributed by atoms with Gasteiger partial charge in [0.2, 0.25) is 0 Å². The van der Waals surface area contributed by atoms with E-state index < -0.39 is 5.97 Å². The zero-order valence-corrected chi connectivity index (χ0v) is 12.2. The minimum atomic E-state index is -1.10. The van der Waals surface area contributed by atoms with Crippen LogP contribution in [0.5, 0.6) is 5.75 Å². The number of aromatic nitrogens is 1. The lowest BCUT2D eigenvalue weighted by molar-refractivity contribution is 0.0690. The lowest BCUT2D eigenvalue weighted by Gasteiger charge is -2.09. The van der Waals surface area contributed by atoms with Crippen LogP contribution in [0.3, 0.4) is 0 Å². The lowest BCUT2D eigenvalue weighted by atomic mass is 10.0. The van der Waals surface area contributed by atoms with E-state index in [4.69, 9.17) is 9.84 Å². The molecule has 1 N–H and O–H groups in total. The molecule has 6 nitrogen and oxygen atoms in total. The van der Waals surface area contributed by atoms with Crippen LogP contribution in [0.15, 0.2) is 30.3 Å². The minimum Gasteiger partial charge on any atom is -0.494 e. The van der Waals surface area contributed by atoms with Gasteiger partial charge in [-0.3, -0.25) is 4.79 Å². The fourth-order valence-corrected chi connectivity index (χ4v) is 2.55. The highest BCUT2D eigenvalue weighted by molar-refractivity contribution is 5.98. The number of carboxylic acids is 1. The Labute approximate surface area is 127 Å². The number of benzene rings is 1. The Balaban J connectivity index is 2.12. The van der Waals surface area contributed by atoms with Crippen molar-refractivity contribution in [3.05, 3.63) is 47.2 Å². The van der Waals surface area contributed by atoms with Crippen molar-refractivity contribution < 1.29 is 19.4 Å². The van der Waals surface area contributed by atoms with Crippen LogP contribution in [0.1, 0.15) is 26.4 Å². The van der Waals surface area contributed by atoms with Crippen molar-refractivity contribution in [2.24, 2.45) is 0 Å². The van der Waals surface area contributed by atoms with Gasteiger partial charge in [-0.25, -0.2) is 9.78 Å². The Morgan fingerprint density at radius 3 is 2.77 bits per heavy atom. The summed E-state index contributed by atoms with van der Waals surface area (Å²) in [6.45, 7) is 0.531. The molecule has 22 heavy (non-hydrogen) atoms. The first-order valence-electron chi connectivity index (χ1n) is 6.68. The van der Waals surface area contributed by atoms with Crippen LogP contribution in [-0.2, 0) is 6.54 Å². The number of fused-ring (bicyclic) bond motifs is 1. The second-order valence-corrected chi connectivity index (χ2v) is 5.09. The Morgan fingerprint density at radius 1 is 1.32 bits per heavy atom. The molecule has 0 bridgehead atoms. The molecule has 0 atom stereocenters. The first-order valence-corrected chi connectivity index (χ1v) is 6.68. The van der Waals surface area contributed by atoms with Gasteiger partial charge in [-0.15, -0.1) is 0 Å². The molecule has 6 heteroatoms. The number of methoxy groups -OCH3 is 1. The number of pyridine rings is 1. The summed E-state index contributed by atoms with van der Waals surface area (Å²) >= 11 is 0. The maximum absolute atomic E-state index is 11.9. The molecule has 1 aromatic carbocycles. The summed E-state index contributed by atoms with van der Waals surface area (Å²) in [7, 11) is 3.25. The van der Waals surface area contributed by atoms with Gasteiger partial charge < -0.3 is 14.7 Å². The van der Waals surface area contributed by atoms with E-state index in [1.165, 1.54) is 13.2 Å². The summed E-state index contributed by atoms with van der Waals surface area (Å²) < 4.78 is 5.26. The number of nitrogens with zero attached hydrogens (tertiary/aromatic N) is 2. The highest BCUT2D eigenvalue weighted by Crippen LogP contribution is 2.32. The van der Waals surface area contributed by atoms with Gasteiger partial charge in [-0.05, 0) is 29.8 Å². The normalized spacial score (nSPS) is 13.2. The molecule has 0 unspecified atom stereocenters. The van der Waals surface area contributed by atoms with Gasteiger partial charge in [0.25, 0.3) is 5.91 Å². The Kier molecular flexibility index (Phi) is 3.29. The van der Waals surface area contributed by atoms with Crippen LogP contribution in [0.2, 0.25) is 0 Å². The Morgan fingerprint density at radius 2 is 2.09 bits per heavy atom. The molecule has 1 aliphatic heterocycles. The Bertz CT molecular complexity index is 786. The van der Waals surface area contributed by atoms with Crippen molar-refractivity contribution in [2.75, 3.05) is 14.2 Å². The van der Waals surface area contributed by atoms with Gasteiger partial charge in [0.15, 0.2) is 0 Å². The quantitative estimate of drug-likeness (QED) is 0.938. The molecule has 0 fully saturated rings. The van der Waals surface area contributed by atoms with Gasteiger partial charge in [-0.1, -0.05) is 6.07 Å². The molecule has 1 amide bonds. The summed E-state index contributed by atoms with van der Waals surface area (Å²) in [5.74, 6) is -0.622. The van der Waals surface area contributed by atoms with Crippen molar-refractivity contribution in [3.8, 4) is 17.0 Å². The molecule has 112 valence electrons. The lowest BCUT2D eigenvalue weighted by Crippen LogP contribution is -2.17. The van der Waals surface area contributed by atoms with Crippen molar-refractivity contribution in [1.82, 2.24) is 9.88 Å². The molecule has 0 aliphatic carbocycles. The number of ether oxygens (including phenoxy) is 1. The highest BCUT2D eigenvalue weighted by Gasteiger charge is 2.25. The van der Waals surface area contributed by atoms with Crippen molar-refractivity contribution in [2.45, 2.75) is 6.54 Å². The van der Waals surface area contributed by atoms with Gasteiger partial charge in [0, 0.05) is 24.7 Å². The highest BCUT2D eigenvalue weighted by atomic mass is 16.5. The van der Waals surface area contributed by atoms with Crippen molar-refractivity contribution in [1.29, 1.82) is 0 Å². The van der Waals surface area contributed by atoms with Crippen LogP contribution in [0, 0.1) is 0 Å². The molecule has 1 aromatic heterocycles. The third-order valence-corrected chi connectivity index (χ3v) is 3.66. The predicted molar refractivity (Wildman–Crippen MR) is 79.0 cm³/mol. The molecule has 0 saturated heterocycles. The van der Waals surface area contributed by atoms with Crippen LogP contribution in [0.25, 0.3) is 11.3 Å². The molecule has 2 heterocycles. The molecule has 3 rings (SSSR count). The Hall–Kier alpha value is -2.89. The largest absolute Gasteiger partial charge is 0.494 e. The van der Waals surface area contributed by atoms with E-state index in [-0.39, 0.29) is 11.6 Å². The third-order valence-electron chi connectivity index (χ3n) is 3.66. The second-order valence-electron chi connectivity index (χ2n) is 5.09. The van der Waals surface area contributed by atoms with E-state index in [1.807, 2.05) is 6.07 Å². The first kappa shape index (κ1) is 14.1. The summed E-state index contributed by atoms with van der Waals surface area (Å²) in [6.07, 6.45) is 0. The SMILES string of the molecule is COc1ccc(C(=O)O)nc1-c1ccc2c(c1)CN(C)C2=O. The van der Waals surface area contributed by atoms with Crippen LogP contribution >= 0.6 is 0 Å². The van der Waals surface area contributed by atoms with E-state index >= 15 is 0 Å². The second kappa shape index (κ2) is 5.14. The van der Waals surface area contributed by atoms with Gasteiger partial charge in [-0.2, -0.15) is 0 Å². The van der Waals surface area contributed by atoms with Gasteiger partial charge in [0.1, 0.15) is 17.1 Å². The first-order chi connectivity index (χ1) is 10.5. The van der Waals surface area contributed by atoms with E-state index in [1.54, 1.807) is 30.1 Å². The van der Waals surface area contributed by atoms with E-state index in [0.717, 1.165) is 11.1 Å². The predicted octanol–water partition coefficient (Wildman–Crippen LogP) is 2.04. The minimum absolute atomic E-state index is 0.0132. The fraction of sp³-hybridized carbons (Fsp3) is 0.188. The molecular weight excluding hydrogens is 284 g/mol. The molecule has 1 aliphatic rings. The maximum atomic E-state index is 11.9. The standard InChI is InChI=1S/C16H14N2O4/c1-18-8-10-7-9(3-4-11(10)15(18)19)14-13(22-2)6-5-12(17-14)16(20)21/h3-7H,8H2,1-2H3,(H,20,21). The van der Waals surface area contributed by atoms with Gasteiger partial charge in [0.05, 0.1) is 7.11 Å². The monoisotopic (exact) mass is 298 g/mol. The summed E-state index contributed by atoms with van der Waals surface area (Å²) in [5.41, 5.74) is 2.69. The molecule has 0 radical (unpaired) electrons. The maximum Gasteiger partial charge on any atom is 0.354 e. The number of amides is 1. The number of rotatable bonds is 3.